The molecule has 15 heavy (non-hydrogen) atoms. The highest BCUT2D eigenvalue weighted by molar-refractivity contribution is 4.52. The summed E-state index contributed by atoms with van der Waals surface area (Å²) < 4.78 is 10.4. The van der Waals surface area contributed by atoms with Crippen LogP contribution >= 0.6 is 0 Å². The van der Waals surface area contributed by atoms with Crippen LogP contribution in [0.2, 0.25) is 0 Å². The summed E-state index contributed by atoms with van der Waals surface area (Å²) in [5, 5.41) is 0. The summed E-state index contributed by atoms with van der Waals surface area (Å²) in [6.45, 7) is 2.03. The summed E-state index contributed by atoms with van der Waals surface area (Å²) >= 11 is 0. The Morgan fingerprint density at radius 2 is 1.80 bits per heavy atom. The van der Waals surface area contributed by atoms with E-state index in [4.69, 9.17) is 24.1 Å². The Morgan fingerprint density at radius 3 is 2.40 bits per heavy atom. The molecule has 2 aliphatic rings. The summed E-state index contributed by atoms with van der Waals surface area (Å²) in [4.78, 5) is 19.2. The van der Waals surface area contributed by atoms with E-state index in [1.807, 2.05) is 0 Å². The highest BCUT2D eigenvalue weighted by Gasteiger charge is 2.24. The highest BCUT2D eigenvalue weighted by Crippen LogP contribution is 2.19. The Morgan fingerprint density at radius 1 is 1.00 bits per heavy atom. The van der Waals surface area contributed by atoms with Crippen LogP contribution in [0.1, 0.15) is 32.6 Å². The van der Waals surface area contributed by atoms with E-state index in [9.17, 15) is 0 Å². The molecule has 2 saturated heterocycles. The molecule has 3 atom stereocenters. The first-order valence-electron chi connectivity index (χ1n) is 5.22. The zero-order valence-electron chi connectivity index (χ0n) is 8.72. The number of ether oxygens (including phenoxy) is 2. The van der Waals surface area contributed by atoms with Crippen molar-refractivity contribution in [2.45, 2.75) is 51.5 Å². The Bertz CT molecular complexity index is 181. The van der Waals surface area contributed by atoms with Crippen molar-refractivity contribution >= 4 is 0 Å². The molecule has 0 spiro atoms. The molecule has 0 radical (unpaired) electrons. The SMILES string of the molecule is C[C@@H]1OO[C@@H](CCCCC2OCOO2)O1. The molecule has 0 aromatic carbocycles. The first-order valence-corrected chi connectivity index (χ1v) is 5.22. The largest absolute Gasteiger partial charge is 0.320 e. The Balaban J connectivity index is 1.48. The fraction of sp³-hybridized carbons (Fsp3) is 1.00. The molecule has 0 aromatic rings. The topological polar surface area (TPSA) is 55.4 Å². The maximum Gasteiger partial charge on any atom is 0.194 e. The predicted octanol–water partition coefficient (Wildman–Crippen LogP) is 1.46. The third-order valence-corrected chi connectivity index (χ3v) is 2.25. The standard InChI is InChI=1S/C9H16O6/c1-7-12-9(15-13-7)5-3-2-4-8-10-6-11-14-8/h7-9H,2-6H2,1H3/t7-,8?,9-/m0/s1. The fourth-order valence-corrected chi connectivity index (χ4v) is 1.50. The van der Waals surface area contributed by atoms with Crippen molar-refractivity contribution in [3.05, 3.63) is 0 Å². The normalized spacial score (nSPS) is 36.2. The first-order chi connectivity index (χ1) is 7.34. The van der Waals surface area contributed by atoms with Gasteiger partial charge in [-0.1, -0.05) is 0 Å². The lowest BCUT2D eigenvalue weighted by atomic mass is 10.2. The van der Waals surface area contributed by atoms with Crippen LogP contribution in [0.4, 0.5) is 0 Å². The Kier molecular flexibility index (Phi) is 4.30. The minimum Gasteiger partial charge on any atom is -0.320 e. The molecular weight excluding hydrogens is 204 g/mol. The van der Waals surface area contributed by atoms with E-state index in [1.165, 1.54) is 0 Å². The smallest absolute Gasteiger partial charge is 0.194 e. The average molecular weight is 220 g/mol. The molecule has 0 N–H and O–H groups in total. The Hall–Kier alpha value is -0.240. The van der Waals surface area contributed by atoms with Gasteiger partial charge < -0.3 is 9.47 Å². The molecule has 6 nitrogen and oxygen atoms in total. The van der Waals surface area contributed by atoms with E-state index in [1.54, 1.807) is 6.92 Å². The van der Waals surface area contributed by atoms with E-state index >= 15 is 0 Å². The van der Waals surface area contributed by atoms with Gasteiger partial charge >= 0.3 is 0 Å². The van der Waals surface area contributed by atoms with E-state index < -0.39 is 0 Å². The van der Waals surface area contributed by atoms with Gasteiger partial charge in [-0.25, -0.2) is 19.6 Å². The summed E-state index contributed by atoms with van der Waals surface area (Å²) in [7, 11) is 0. The number of hydrogen-bond acceptors (Lipinski definition) is 6. The molecule has 88 valence electrons. The minimum atomic E-state index is -0.259. The quantitative estimate of drug-likeness (QED) is 0.516. The van der Waals surface area contributed by atoms with Gasteiger partial charge in [0.05, 0.1) is 0 Å². The summed E-state index contributed by atoms with van der Waals surface area (Å²) in [6.07, 6.45) is 2.88. The molecule has 1 unspecified atom stereocenters. The van der Waals surface area contributed by atoms with Gasteiger partial charge in [-0.2, -0.15) is 0 Å². The van der Waals surface area contributed by atoms with E-state index in [0.717, 1.165) is 25.7 Å². The van der Waals surface area contributed by atoms with Gasteiger partial charge in [-0.15, -0.1) is 0 Å². The van der Waals surface area contributed by atoms with Crippen molar-refractivity contribution in [1.29, 1.82) is 0 Å². The van der Waals surface area contributed by atoms with Crippen LogP contribution in [0.15, 0.2) is 0 Å². The Labute approximate surface area is 88.2 Å². The van der Waals surface area contributed by atoms with E-state index in [2.05, 4.69) is 4.89 Å². The van der Waals surface area contributed by atoms with Crippen LogP contribution in [0.5, 0.6) is 0 Å². The maximum atomic E-state index is 5.30. The van der Waals surface area contributed by atoms with Crippen molar-refractivity contribution in [1.82, 2.24) is 0 Å². The molecule has 0 bridgehead atoms. The lowest BCUT2D eigenvalue weighted by Gasteiger charge is -2.07. The lowest BCUT2D eigenvalue weighted by Crippen LogP contribution is -2.10. The monoisotopic (exact) mass is 220 g/mol. The zero-order valence-corrected chi connectivity index (χ0v) is 8.72. The van der Waals surface area contributed by atoms with Crippen molar-refractivity contribution in [2.75, 3.05) is 6.79 Å². The number of unbranched alkanes of at least 4 members (excludes halogenated alkanes) is 1. The van der Waals surface area contributed by atoms with Crippen molar-refractivity contribution in [2.24, 2.45) is 0 Å². The summed E-state index contributed by atoms with van der Waals surface area (Å²) in [5.41, 5.74) is 0. The van der Waals surface area contributed by atoms with Crippen LogP contribution < -0.4 is 0 Å². The molecule has 2 heterocycles. The molecular formula is C9H16O6. The molecule has 0 amide bonds. The van der Waals surface area contributed by atoms with Gasteiger partial charge in [-0.05, 0) is 19.8 Å². The molecule has 0 aliphatic carbocycles. The van der Waals surface area contributed by atoms with Gasteiger partial charge in [0.15, 0.2) is 25.7 Å². The molecule has 2 rings (SSSR count). The van der Waals surface area contributed by atoms with Crippen LogP contribution in [-0.2, 0) is 29.0 Å². The van der Waals surface area contributed by atoms with Gasteiger partial charge in [-0.3, -0.25) is 0 Å². The van der Waals surface area contributed by atoms with Crippen LogP contribution in [0, 0.1) is 0 Å². The van der Waals surface area contributed by atoms with Crippen LogP contribution in [-0.4, -0.2) is 25.7 Å². The lowest BCUT2D eigenvalue weighted by molar-refractivity contribution is -0.294. The van der Waals surface area contributed by atoms with Crippen molar-refractivity contribution in [3.63, 3.8) is 0 Å². The van der Waals surface area contributed by atoms with Crippen LogP contribution in [0.25, 0.3) is 0 Å². The number of rotatable bonds is 5. The van der Waals surface area contributed by atoms with Gasteiger partial charge in [0.25, 0.3) is 0 Å². The summed E-state index contributed by atoms with van der Waals surface area (Å²) in [5.74, 6) is 0. The third kappa shape index (κ3) is 3.67. The van der Waals surface area contributed by atoms with Gasteiger partial charge in [0.2, 0.25) is 0 Å². The summed E-state index contributed by atoms with van der Waals surface area (Å²) in [6, 6.07) is 0. The minimum absolute atomic E-state index is 0.217. The second kappa shape index (κ2) is 5.74. The van der Waals surface area contributed by atoms with Crippen LogP contribution in [0.3, 0.4) is 0 Å². The van der Waals surface area contributed by atoms with Gasteiger partial charge in [0.1, 0.15) is 0 Å². The molecule has 0 saturated carbocycles. The van der Waals surface area contributed by atoms with E-state index in [-0.39, 0.29) is 25.7 Å². The maximum absolute atomic E-state index is 5.30. The number of hydrogen-bond donors (Lipinski definition) is 0. The molecule has 2 aliphatic heterocycles. The first kappa shape index (κ1) is 11.3. The molecule has 6 heteroatoms. The zero-order chi connectivity index (χ0) is 10.5. The average Bonchev–Trinajstić information content (AvgIpc) is 2.84. The highest BCUT2D eigenvalue weighted by atomic mass is 17.3. The second-order valence-electron chi connectivity index (χ2n) is 3.54. The van der Waals surface area contributed by atoms with Gasteiger partial charge in [0, 0.05) is 12.8 Å². The predicted molar refractivity (Wildman–Crippen MR) is 46.9 cm³/mol. The molecule has 0 aromatic heterocycles. The van der Waals surface area contributed by atoms with Crippen molar-refractivity contribution in [3.8, 4) is 0 Å². The third-order valence-electron chi connectivity index (χ3n) is 2.25. The fourth-order valence-electron chi connectivity index (χ4n) is 1.50. The van der Waals surface area contributed by atoms with E-state index in [0.29, 0.717) is 0 Å². The van der Waals surface area contributed by atoms with Crippen molar-refractivity contribution < 1.29 is 29.0 Å². The second-order valence-corrected chi connectivity index (χ2v) is 3.54. The molecule has 2 fully saturated rings.